The van der Waals surface area contributed by atoms with E-state index in [-0.39, 0.29) is 11.7 Å². The first-order valence-electron chi connectivity index (χ1n) is 8.39. The van der Waals surface area contributed by atoms with Crippen molar-refractivity contribution < 1.29 is 9.47 Å². The zero-order valence-electron chi connectivity index (χ0n) is 14.5. The van der Waals surface area contributed by atoms with Crippen LogP contribution in [0.4, 0.5) is 0 Å². The second kappa shape index (κ2) is 5.91. The van der Waals surface area contributed by atoms with E-state index < -0.39 is 0 Å². The first-order chi connectivity index (χ1) is 12.1. The maximum atomic E-state index is 12.7. The molecule has 1 aliphatic rings. The number of hydrogen-bond donors (Lipinski definition) is 0. The first-order valence-corrected chi connectivity index (χ1v) is 8.39. The highest BCUT2D eigenvalue weighted by Gasteiger charge is 2.22. The molecule has 0 aliphatic carbocycles. The number of nitrogens with zero attached hydrogens (tertiary/aromatic N) is 4. The molecule has 0 amide bonds. The Morgan fingerprint density at radius 2 is 2.24 bits per heavy atom. The van der Waals surface area contributed by atoms with Gasteiger partial charge < -0.3 is 9.47 Å². The number of fused-ring (bicyclic) bond motifs is 2. The Morgan fingerprint density at radius 1 is 1.40 bits per heavy atom. The molecule has 0 saturated heterocycles. The van der Waals surface area contributed by atoms with Gasteiger partial charge in [-0.25, -0.2) is 4.98 Å². The topological polar surface area (TPSA) is 71.2 Å². The van der Waals surface area contributed by atoms with Crippen molar-refractivity contribution in [3.8, 4) is 11.5 Å². The van der Waals surface area contributed by atoms with Crippen molar-refractivity contribution in [1.82, 2.24) is 19.3 Å². The van der Waals surface area contributed by atoms with Gasteiger partial charge in [-0.05, 0) is 26.0 Å². The highest BCUT2D eigenvalue weighted by Crippen LogP contribution is 2.35. The van der Waals surface area contributed by atoms with Crippen LogP contribution in [0, 0.1) is 0 Å². The largest absolute Gasteiger partial charge is 0.494 e. The lowest BCUT2D eigenvalue weighted by Crippen LogP contribution is -2.21. The molecule has 0 radical (unpaired) electrons. The van der Waals surface area contributed by atoms with Crippen molar-refractivity contribution in [2.45, 2.75) is 32.9 Å². The second-order valence-corrected chi connectivity index (χ2v) is 6.32. The molecule has 0 bridgehead atoms. The Balaban J connectivity index is 1.76. The summed E-state index contributed by atoms with van der Waals surface area (Å²) >= 11 is 0. The zero-order valence-corrected chi connectivity index (χ0v) is 14.5. The van der Waals surface area contributed by atoms with Gasteiger partial charge in [0.25, 0.3) is 5.56 Å². The molecule has 3 heterocycles. The summed E-state index contributed by atoms with van der Waals surface area (Å²) in [4.78, 5) is 17.0. The Kier molecular flexibility index (Phi) is 3.71. The fourth-order valence-electron chi connectivity index (χ4n) is 3.26. The molecule has 0 spiro atoms. The van der Waals surface area contributed by atoms with Crippen molar-refractivity contribution in [1.29, 1.82) is 0 Å². The summed E-state index contributed by atoms with van der Waals surface area (Å²) in [6, 6.07) is 4.00. The van der Waals surface area contributed by atoms with Crippen LogP contribution in [-0.2, 0) is 20.0 Å². The maximum absolute atomic E-state index is 12.7. The third kappa shape index (κ3) is 2.65. The lowest BCUT2D eigenvalue weighted by Gasteiger charge is -2.13. The minimum Gasteiger partial charge on any atom is -0.494 e. The molecule has 0 saturated carbocycles. The molecule has 1 atom stereocenters. The van der Waals surface area contributed by atoms with E-state index in [1.165, 1.54) is 0 Å². The van der Waals surface area contributed by atoms with E-state index in [1.54, 1.807) is 28.8 Å². The highest BCUT2D eigenvalue weighted by molar-refractivity contribution is 5.72. The van der Waals surface area contributed by atoms with Gasteiger partial charge in [-0.2, -0.15) is 5.10 Å². The quantitative estimate of drug-likeness (QED) is 0.725. The molecule has 0 fully saturated rings. The summed E-state index contributed by atoms with van der Waals surface area (Å²) in [5.41, 5.74) is 2.52. The van der Waals surface area contributed by atoms with Gasteiger partial charge in [-0.3, -0.25) is 14.0 Å². The summed E-state index contributed by atoms with van der Waals surface area (Å²) in [6.45, 7) is 4.93. The molecule has 2 aromatic heterocycles. The molecule has 7 heteroatoms. The average molecular weight is 340 g/mol. The van der Waals surface area contributed by atoms with Crippen LogP contribution in [0.15, 0.2) is 29.5 Å². The summed E-state index contributed by atoms with van der Waals surface area (Å²) in [5, 5.41) is 4.61. The van der Waals surface area contributed by atoms with Gasteiger partial charge >= 0.3 is 0 Å². The summed E-state index contributed by atoms with van der Waals surface area (Å²) < 4.78 is 14.8. The summed E-state index contributed by atoms with van der Waals surface area (Å²) in [7, 11) is 1.77. The van der Waals surface area contributed by atoms with Gasteiger partial charge in [-0.15, -0.1) is 0 Å². The molecule has 25 heavy (non-hydrogen) atoms. The van der Waals surface area contributed by atoms with Gasteiger partial charge in [0.15, 0.2) is 5.65 Å². The minimum atomic E-state index is -0.115. The van der Waals surface area contributed by atoms with E-state index in [2.05, 4.69) is 10.1 Å². The van der Waals surface area contributed by atoms with E-state index in [4.69, 9.17) is 9.47 Å². The van der Waals surface area contributed by atoms with E-state index in [1.807, 2.05) is 26.0 Å². The monoisotopic (exact) mass is 340 g/mol. The van der Waals surface area contributed by atoms with Gasteiger partial charge in [0.1, 0.15) is 29.3 Å². The van der Waals surface area contributed by atoms with Crippen LogP contribution in [0.2, 0.25) is 0 Å². The van der Waals surface area contributed by atoms with E-state index >= 15 is 0 Å². The van der Waals surface area contributed by atoms with Crippen LogP contribution in [-0.4, -0.2) is 32.0 Å². The number of benzene rings is 1. The fraction of sp³-hybridized carbons (Fsp3) is 0.389. The predicted molar refractivity (Wildman–Crippen MR) is 93.3 cm³/mol. The van der Waals surface area contributed by atoms with Crippen LogP contribution >= 0.6 is 0 Å². The Bertz CT molecular complexity index is 1010. The average Bonchev–Trinajstić information content (AvgIpc) is 3.13. The molecule has 1 aliphatic heterocycles. The van der Waals surface area contributed by atoms with Gasteiger partial charge in [0.2, 0.25) is 0 Å². The second-order valence-electron chi connectivity index (χ2n) is 6.32. The van der Waals surface area contributed by atoms with Crippen molar-refractivity contribution in [3.63, 3.8) is 0 Å². The van der Waals surface area contributed by atoms with Crippen LogP contribution in [0.3, 0.4) is 0 Å². The zero-order chi connectivity index (χ0) is 17.6. The van der Waals surface area contributed by atoms with Gasteiger partial charge in [0, 0.05) is 24.6 Å². The molecule has 7 nitrogen and oxygen atoms in total. The Morgan fingerprint density at radius 3 is 3.04 bits per heavy atom. The van der Waals surface area contributed by atoms with E-state index in [9.17, 15) is 4.79 Å². The maximum Gasteiger partial charge on any atom is 0.264 e. The van der Waals surface area contributed by atoms with Crippen molar-refractivity contribution in [2.24, 2.45) is 7.05 Å². The Hall–Kier alpha value is -2.83. The molecule has 0 N–H and O–H groups in total. The molecule has 4 rings (SSSR count). The normalized spacial score (nSPS) is 16.0. The van der Waals surface area contributed by atoms with Crippen molar-refractivity contribution in [3.05, 3.63) is 46.1 Å². The molecule has 1 unspecified atom stereocenters. The van der Waals surface area contributed by atoms with Crippen molar-refractivity contribution in [2.75, 3.05) is 6.61 Å². The number of ether oxygens (including phenoxy) is 2. The van der Waals surface area contributed by atoms with Crippen LogP contribution in [0.1, 0.15) is 25.0 Å². The number of rotatable bonds is 4. The third-order valence-corrected chi connectivity index (χ3v) is 4.44. The lowest BCUT2D eigenvalue weighted by molar-refractivity contribution is 0.254. The van der Waals surface area contributed by atoms with Gasteiger partial charge in [0.05, 0.1) is 19.3 Å². The summed E-state index contributed by atoms with van der Waals surface area (Å²) in [6.07, 6.45) is 4.14. The third-order valence-electron chi connectivity index (χ3n) is 4.44. The lowest BCUT2D eigenvalue weighted by atomic mass is 10.1. The van der Waals surface area contributed by atoms with Crippen LogP contribution in [0.25, 0.3) is 11.0 Å². The van der Waals surface area contributed by atoms with Crippen LogP contribution in [0.5, 0.6) is 11.5 Å². The highest BCUT2D eigenvalue weighted by atomic mass is 16.5. The number of aryl methyl sites for hydroxylation is 1. The molecular weight excluding hydrogens is 320 g/mol. The van der Waals surface area contributed by atoms with E-state index in [0.717, 1.165) is 29.0 Å². The fourth-order valence-corrected chi connectivity index (χ4v) is 3.26. The van der Waals surface area contributed by atoms with E-state index in [0.29, 0.717) is 24.2 Å². The molecule has 1 aromatic carbocycles. The predicted octanol–water partition coefficient (Wildman–Crippen LogP) is 1.90. The number of aromatic nitrogens is 4. The Labute approximate surface area is 144 Å². The molecule has 130 valence electrons. The standard InChI is InChI=1S/C18H20N4O3/c1-4-24-15-6-12-5-11(2)25-16(12)7-13(15)9-22-10-19-17-14(18(22)23)8-20-21(17)3/h6-8,10-11H,4-5,9H2,1-3H3. The first kappa shape index (κ1) is 15.7. The SMILES string of the molecule is CCOc1cc2c(cc1Cn1cnc3c(cnn3C)c1=O)OC(C)C2. The van der Waals surface area contributed by atoms with Crippen LogP contribution < -0.4 is 15.0 Å². The number of hydrogen-bond acceptors (Lipinski definition) is 5. The van der Waals surface area contributed by atoms with Crippen molar-refractivity contribution >= 4 is 11.0 Å². The molecule has 3 aromatic rings. The molecular formula is C18H20N4O3. The smallest absolute Gasteiger partial charge is 0.264 e. The summed E-state index contributed by atoms with van der Waals surface area (Å²) in [5.74, 6) is 1.66. The minimum absolute atomic E-state index is 0.115. The van der Waals surface area contributed by atoms with Gasteiger partial charge in [-0.1, -0.05) is 0 Å².